The van der Waals surface area contributed by atoms with E-state index in [0.717, 1.165) is 9.44 Å². The van der Waals surface area contributed by atoms with Crippen LogP contribution in [0.5, 0.6) is 0 Å². The van der Waals surface area contributed by atoms with E-state index >= 15 is 0 Å². The van der Waals surface area contributed by atoms with Gasteiger partial charge in [0.1, 0.15) is 11.4 Å². The van der Waals surface area contributed by atoms with Crippen LogP contribution in [-0.4, -0.2) is 20.6 Å². The highest BCUT2D eigenvalue weighted by atomic mass is 32.1. The van der Waals surface area contributed by atoms with Crippen molar-refractivity contribution in [2.75, 3.05) is 0 Å². The van der Waals surface area contributed by atoms with Crippen LogP contribution in [0.4, 0.5) is 0 Å². The van der Waals surface area contributed by atoms with Crippen molar-refractivity contribution in [3.8, 4) is 0 Å². The van der Waals surface area contributed by atoms with Crippen molar-refractivity contribution in [1.29, 1.82) is 0 Å². The number of nitrogens with two attached hydrogens (primary N) is 1. The maximum absolute atomic E-state index is 11.8. The SMILES string of the molecule is NCc1cc2c(=O)n(CC(=O)O)cnc2s1. The zero-order chi connectivity index (χ0) is 11.7. The average Bonchev–Trinajstić information content (AvgIpc) is 2.65. The number of carboxylic acids is 1. The van der Waals surface area contributed by atoms with Crippen LogP contribution in [0, 0.1) is 0 Å². The van der Waals surface area contributed by atoms with Crippen molar-refractivity contribution in [2.24, 2.45) is 5.73 Å². The molecule has 2 heterocycles. The van der Waals surface area contributed by atoms with Gasteiger partial charge in [-0.2, -0.15) is 0 Å². The topological polar surface area (TPSA) is 98.2 Å². The minimum absolute atomic E-state index is 0.344. The van der Waals surface area contributed by atoms with Crippen molar-refractivity contribution in [3.05, 3.63) is 27.6 Å². The van der Waals surface area contributed by atoms with Crippen molar-refractivity contribution >= 4 is 27.5 Å². The van der Waals surface area contributed by atoms with Crippen LogP contribution >= 0.6 is 11.3 Å². The molecule has 0 saturated carbocycles. The Morgan fingerprint density at radius 2 is 2.38 bits per heavy atom. The summed E-state index contributed by atoms with van der Waals surface area (Å²) in [6.45, 7) is -0.0328. The molecular formula is C9H9N3O3S. The Morgan fingerprint density at radius 1 is 1.62 bits per heavy atom. The van der Waals surface area contributed by atoms with Gasteiger partial charge in [0.05, 0.1) is 11.7 Å². The minimum Gasteiger partial charge on any atom is -0.480 e. The second kappa shape index (κ2) is 4.03. The molecule has 2 aromatic heterocycles. The molecule has 0 aromatic carbocycles. The summed E-state index contributed by atoms with van der Waals surface area (Å²) in [7, 11) is 0. The maximum atomic E-state index is 11.8. The normalized spacial score (nSPS) is 10.8. The third-order valence-corrected chi connectivity index (χ3v) is 3.14. The van der Waals surface area contributed by atoms with E-state index in [-0.39, 0.29) is 12.1 Å². The predicted molar refractivity (Wildman–Crippen MR) is 59.4 cm³/mol. The lowest BCUT2D eigenvalue weighted by molar-refractivity contribution is -0.137. The van der Waals surface area contributed by atoms with Gasteiger partial charge in [-0.25, -0.2) is 4.98 Å². The largest absolute Gasteiger partial charge is 0.480 e. The number of thiophene rings is 1. The number of rotatable bonds is 3. The van der Waals surface area contributed by atoms with Crippen molar-refractivity contribution in [1.82, 2.24) is 9.55 Å². The van der Waals surface area contributed by atoms with Gasteiger partial charge in [0, 0.05) is 11.4 Å². The number of carboxylic acid groups (broad SMARTS) is 1. The number of fused-ring (bicyclic) bond motifs is 1. The first kappa shape index (κ1) is 10.8. The first-order chi connectivity index (χ1) is 7.61. The highest BCUT2D eigenvalue weighted by Crippen LogP contribution is 2.19. The molecule has 2 aromatic rings. The molecule has 0 fully saturated rings. The summed E-state index contributed by atoms with van der Waals surface area (Å²) in [4.78, 5) is 27.8. The van der Waals surface area contributed by atoms with E-state index in [1.165, 1.54) is 17.7 Å². The predicted octanol–water partition coefficient (Wildman–Crippen LogP) is 0.00130. The second-order valence-electron chi connectivity index (χ2n) is 3.21. The van der Waals surface area contributed by atoms with Gasteiger partial charge in [-0.15, -0.1) is 11.3 Å². The molecule has 0 atom stereocenters. The summed E-state index contributed by atoms with van der Waals surface area (Å²) in [5, 5.41) is 9.04. The summed E-state index contributed by atoms with van der Waals surface area (Å²) in [6, 6.07) is 1.66. The first-order valence-electron chi connectivity index (χ1n) is 4.51. The molecule has 0 radical (unpaired) electrons. The number of aliphatic carboxylic acids is 1. The summed E-state index contributed by atoms with van der Waals surface area (Å²) >= 11 is 1.34. The molecule has 3 N–H and O–H groups in total. The molecule has 7 heteroatoms. The van der Waals surface area contributed by atoms with Gasteiger partial charge in [0.2, 0.25) is 0 Å². The molecule has 0 aliphatic rings. The standard InChI is InChI=1S/C9H9N3O3S/c10-2-5-1-6-8(16-5)11-4-12(9(6)15)3-7(13)14/h1,4H,2-3,10H2,(H,13,14). The molecule has 6 nitrogen and oxygen atoms in total. The van der Waals surface area contributed by atoms with Crippen LogP contribution in [0.1, 0.15) is 4.88 Å². The Labute approximate surface area is 94.0 Å². The van der Waals surface area contributed by atoms with Gasteiger partial charge in [0.25, 0.3) is 5.56 Å². The molecule has 0 saturated heterocycles. The van der Waals surface area contributed by atoms with Crippen molar-refractivity contribution in [3.63, 3.8) is 0 Å². The number of carbonyl (C=O) groups is 1. The van der Waals surface area contributed by atoms with Gasteiger partial charge in [-0.05, 0) is 6.07 Å². The van der Waals surface area contributed by atoms with E-state index in [1.807, 2.05) is 0 Å². The van der Waals surface area contributed by atoms with E-state index in [4.69, 9.17) is 10.8 Å². The fourth-order valence-corrected chi connectivity index (χ4v) is 2.23. The molecule has 0 amide bonds. The second-order valence-corrected chi connectivity index (χ2v) is 4.32. The van der Waals surface area contributed by atoms with Gasteiger partial charge in [-0.1, -0.05) is 0 Å². The Kier molecular flexibility index (Phi) is 2.71. The van der Waals surface area contributed by atoms with E-state index in [0.29, 0.717) is 16.8 Å². The van der Waals surface area contributed by atoms with Gasteiger partial charge in [0.15, 0.2) is 0 Å². The number of aromatic nitrogens is 2. The minimum atomic E-state index is -1.07. The first-order valence-corrected chi connectivity index (χ1v) is 5.33. The molecule has 16 heavy (non-hydrogen) atoms. The molecule has 2 rings (SSSR count). The molecule has 0 spiro atoms. The fraction of sp³-hybridized carbons (Fsp3) is 0.222. The van der Waals surface area contributed by atoms with Gasteiger partial charge < -0.3 is 10.8 Å². The molecular weight excluding hydrogens is 230 g/mol. The van der Waals surface area contributed by atoms with E-state index in [9.17, 15) is 9.59 Å². The van der Waals surface area contributed by atoms with E-state index < -0.39 is 5.97 Å². The lowest BCUT2D eigenvalue weighted by atomic mass is 10.3. The zero-order valence-corrected chi connectivity index (χ0v) is 9.03. The van der Waals surface area contributed by atoms with Crippen LogP contribution < -0.4 is 11.3 Å². The smallest absolute Gasteiger partial charge is 0.323 e. The van der Waals surface area contributed by atoms with Crippen LogP contribution in [0.25, 0.3) is 10.2 Å². The fourth-order valence-electron chi connectivity index (χ4n) is 1.37. The Bertz CT molecular complexity index is 602. The number of nitrogens with zero attached hydrogens (tertiary/aromatic N) is 2. The lowest BCUT2D eigenvalue weighted by Crippen LogP contribution is -2.23. The average molecular weight is 239 g/mol. The van der Waals surface area contributed by atoms with Crippen molar-refractivity contribution < 1.29 is 9.90 Å². The highest BCUT2D eigenvalue weighted by molar-refractivity contribution is 7.18. The third kappa shape index (κ3) is 1.82. The Morgan fingerprint density at radius 3 is 3.00 bits per heavy atom. The van der Waals surface area contributed by atoms with Crippen LogP contribution in [0.3, 0.4) is 0 Å². The summed E-state index contributed by atoms with van der Waals surface area (Å²) < 4.78 is 1.07. The molecule has 0 aliphatic carbocycles. The molecule has 0 unspecified atom stereocenters. The van der Waals surface area contributed by atoms with Crippen molar-refractivity contribution in [2.45, 2.75) is 13.1 Å². The Hall–Kier alpha value is -1.73. The maximum Gasteiger partial charge on any atom is 0.323 e. The number of hydrogen-bond acceptors (Lipinski definition) is 5. The number of hydrogen-bond donors (Lipinski definition) is 2. The van der Waals surface area contributed by atoms with E-state index in [2.05, 4.69) is 4.98 Å². The Balaban J connectivity index is 2.59. The van der Waals surface area contributed by atoms with Crippen LogP contribution in [0.15, 0.2) is 17.2 Å². The summed E-state index contributed by atoms with van der Waals surface area (Å²) in [5.41, 5.74) is 5.12. The molecule has 0 aliphatic heterocycles. The molecule has 0 bridgehead atoms. The zero-order valence-electron chi connectivity index (χ0n) is 8.21. The highest BCUT2D eigenvalue weighted by Gasteiger charge is 2.09. The monoisotopic (exact) mass is 239 g/mol. The molecule has 84 valence electrons. The van der Waals surface area contributed by atoms with E-state index in [1.54, 1.807) is 6.07 Å². The summed E-state index contributed by atoms with van der Waals surface area (Å²) in [6.07, 6.45) is 1.25. The quantitative estimate of drug-likeness (QED) is 0.785. The van der Waals surface area contributed by atoms with Crippen LogP contribution in [0.2, 0.25) is 0 Å². The van der Waals surface area contributed by atoms with Crippen LogP contribution in [-0.2, 0) is 17.9 Å². The lowest BCUT2D eigenvalue weighted by Gasteiger charge is -1.99. The van der Waals surface area contributed by atoms with Gasteiger partial charge >= 0.3 is 5.97 Å². The van der Waals surface area contributed by atoms with Gasteiger partial charge in [-0.3, -0.25) is 14.2 Å². The third-order valence-electron chi connectivity index (χ3n) is 2.08. The summed E-state index contributed by atoms with van der Waals surface area (Å²) in [5.74, 6) is -1.07.